The summed E-state index contributed by atoms with van der Waals surface area (Å²) in [5.41, 5.74) is 0.945. The molecule has 1 aliphatic rings. The van der Waals surface area contributed by atoms with Gasteiger partial charge in [-0.3, -0.25) is 4.79 Å². The first-order chi connectivity index (χ1) is 8.06. The predicted octanol–water partition coefficient (Wildman–Crippen LogP) is 2.47. The monoisotopic (exact) mass is 252 g/mol. The maximum Gasteiger partial charge on any atom is 0.135 e. The molecule has 1 aromatic rings. The fourth-order valence-electron chi connectivity index (χ4n) is 2.30. The lowest BCUT2D eigenvalue weighted by atomic mass is 10.1. The van der Waals surface area contributed by atoms with Crippen molar-refractivity contribution >= 4 is 17.1 Å². The summed E-state index contributed by atoms with van der Waals surface area (Å²) >= 11 is 1.71. The molecule has 1 saturated heterocycles. The Kier molecular flexibility index (Phi) is 3.94. The number of thiazole rings is 1. The summed E-state index contributed by atoms with van der Waals surface area (Å²) in [6, 6.07) is 0.622. The molecule has 0 aromatic carbocycles. The third kappa shape index (κ3) is 3.13. The summed E-state index contributed by atoms with van der Waals surface area (Å²) in [4.78, 5) is 18.1. The molecule has 1 atom stereocenters. The molecule has 17 heavy (non-hydrogen) atoms. The van der Waals surface area contributed by atoms with Gasteiger partial charge < -0.3 is 4.90 Å². The molecule has 2 heterocycles. The summed E-state index contributed by atoms with van der Waals surface area (Å²) in [7, 11) is 0. The Morgan fingerprint density at radius 2 is 2.41 bits per heavy atom. The van der Waals surface area contributed by atoms with Crippen LogP contribution < -0.4 is 0 Å². The Hall–Kier alpha value is -0.740. The van der Waals surface area contributed by atoms with Gasteiger partial charge in [0.1, 0.15) is 5.78 Å². The van der Waals surface area contributed by atoms with E-state index in [4.69, 9.17) is 0 Å². The topological polar surface area (TPSA) is 33.2 Å². The number of Topliss-reactive ketones (excluding diaryl/α,β-unsaturated/α-hetero) is 1. The fourth-order valence-corrected chi connectivity index (χ4v) is 3.25. The van der Waals surface area contributed by atoms with Crippen LogP contribution in [0.25, 0.3) is 0 Å². The molecule has 1 aliphatic heterocycles. The van der Waals surface area contributed by atoms with Crippen molar-refractivity contribution in [2.24, 2.45) is 0 Å². The van der Waals surface area contributed by atoms with Gasteiger partial charge in [-0.2, -0.15) is 0 Å². The van der Waals surface area contributed by atoms with Crippen LogP contribution >= 0.6 is 11.3 Å². The van der Waals surface area contributed by atoms with E-state index in [2.05, 4.69) is 23.7 Å². The Balaban J connectivity index is 1.99. The maximum atomic E-state index is 11.0. The molecule has 1 unspecified atom stereocenters. The lowest BCUT2D eigenvalue weighted by Gasteiger charge is -2.19. The molecule has 4 heteroatoms. The minimum Gasteiger partial charge on any atom is -0.300 e. The van der Waals surface area contributed by atoms with Gasteiger partial charge in [0.05, 0.1) is 10.7 Å². The molecule has 0 N–H and O–H groups in total. The largest absolute Gasteiger partial charge is 0.300 e. The van der Waals surface area contributed by atoms with E-state index in [1.807, 2.05) is 5.38 Å². The van der Waals surface area contributed by atoms with E-state index in [-0.39, 0.29) is 5.78 Å². The molecule has 1 aromatic heterocycles. The molecular formula is C13H20N2OS. The third-order valence-electron chi connectivity index (χ3n) is 3.30. The molecule has 0 aliphatic carbocycles. The van der Waals surface area contributed by atoms with Crippen molar-refractivity contribution in [3.05, 3.63) is 16.1 Å². The summed E-state index contributed by atoms with van der Waals surface area (Å²) in [5.74, 6) is 0.764. The van der Waals surface area contributed by atoms with E-state index in [1.54, 1.807) is 18.3 Å². The van der Waals surface area contributed by atoms with Crippen LogP contribution in [-0.2, 0) is 11.2 Å². The van der Waals surface area contributed by atoms with Crippen LogP contribution in [0.2, 0.25) is 0 Å². The molecule has 94 valence electrons. The van der Waals surface area contributed by atoms with Crippen LogP contribution in [-0.4, -0.2) is 34.8 Å². The van der Waals surface area contributed by atoms with Gasteiger partial charge in [-0.05, 0) is 33.7 Å². The Bertz CT molecular complexity index is 400. The van der Waals surface area contributed by atoms with Gasteiger partial charge in [-0.1, -0.05) is 0 Å². The summed E-state index contributed by atoms with van der Waals surface area (Å²) in [6.07, 6.45) is 1.68. The van der Waals surface area contributed by atoms with E-state index in [0.29, 0.717) is 18.4 Å². The van der Waals surface area contributed by atoms with Crippen LogP contribution in [0.1, 0.15) is 43.8 Å². The Labute approximate surface area is 107 Å². The number of hydrogen-bond acceptors (Lipinski definition) is 4. The number of hydrogen-bond donors (Lipinski definition) is 0. The van der Waals surface area contributed by atoms with Crippen LogP contribution in [0, 0.1) is 0 Å². The molecule has 3 nitrogen and oxygen atoms in total. The zero-order valence-corrected chi connectivity index (χ0v) is 11.6. The smallest absolute Gasteiger partial charge is 0.135 e. The quantitative estimate of drug-likeness (QED) is 0.825. The van der Waals surface area contributed by atoms with Crippen molar-refractivity contribution in [2.75, 3.05) is 13.1 Å². The van der Waals surface area contributed by atoms with Crippen LogP contribution in [0.4, 0.5) is 0 Å². The van der Waals surface area contributed by atoms with Crippen LogP contribution in [0.5, 0.6) is 0 Å². The van der Waals surface area contributed by atoms with Crippen molar-refractivity contribution in [3.63, 3.8) is 0 Å². The summed E-state index contributed by atoms with van der Waals surface area (Å²) in [6.45, 7) is 8.39. The van der Waals surface area contributed by atoms with Gasteiger partial charge in [-0.25, -0.2) is 4.98 Å². The lowest BCUT2D eigenvalue weighted by Crippen LogP contribution is -2.27. The van der Waals surface area contributed by atoms with E-state index >= 15 is 0 Å². The number of likely N-dealkylation sites (tertiary alicyclic amines) is 1. The standard InChI is InChI=1S/C13H20N2OS/c1-9(2)15-5-4-11(7-15)13-14-12(8-17-13)6-10(3)16/h8-9,11H,4-7H2,1-3H3. The SMILES string of the molecule is CC(=O)Cc1csc(C2CCN(C(C)C)C2)n1. The van der Waals surface area contributed by atoms with Gasteiger partial charge in [-0.15, -0.1) is 11.3 Å². The second kappa shape index (κ2) is 5.27. The third-order valence-corrected chi connectivity index (χ3v) is 4.35. The molecule has 0 bridgehead atoms. The maximum absolute atomic E-state index is 11.0. The van der Waals surface area contributed by atoms with E-state index in [9.17, 15) is 4.79 Å². The zero-order valence-electron chi connectivity index (χ0n) is 10.8. The lowest BCUT2D eigenvalue weighted by molar-refractivity contribution is -0.116. The van der Waals surface area contributed by atoms with Crippen molar-refractivity contribution in [3.8, 4) is 0 Å². The first-order valence-corrected chi connectivity index (χ1v) is 7.12. The normalized spacial score (nSPS) is 21.3. The van der Waals surface area contributed by atoms with E-state index < -0.39 is 0 Å². The molecule has 0 spiro atoms. The number of nitrogens with zero attached hydrogens (tertiary/aromatic N) is 2. The van der Waals surface area contributed by atoms with Crippen molar-refractivity contribution in [2.45, 2.75) is 45.6 Å². The highest BCUT2D eigenvalue weighted by molar-refractivity contribution is 7.09. The van der Waals surface area contributed by atoms with Crippen molar-refractivity contribution in [1.82, 2.24) is 9.88 Å². The van der Waals surface area contributed by atoms with Gasteiger partial charge in [0.25, 0.3) is 0 Å². The zero-order chi connectivity index (χ0) is 12.4. The highest BCUT2D eigenvalue weighted by Gasteiger charge is 2.27. The van der Waals surface area contributed by atoms with Gasteiger partial charge >= 0.3 is 0 Å². The molecule has 1 fully saturated rings. The summed E-state index contributed by atoms with van der Waals surface area (Å²) in [5, 5.41) is 3.25. The summed E-state index contributed by atoms with van der Waals surface area (Å²) < 4.78 is 0. The number of rotatable bonds is 4. The average Bonchev–Trinajstić information content (AvgIpc) is 2.83. The molecule has 0 saturated carbocycles. The molecule has 2 rings (SSSR count). The fraction of sp³-hybridized carbons (Fsp3) is 0.692. The number of ketones is 1. The Morgan fingerprint density at radius 3 is 3.00 bits per heavy atom. The van der Waals surface area contributed by atoms with Crippen LogP contribution in [0.15, 0.2) is 5.38 Å². The minimum absolute atomic E-state index is 0.192. The predicted molar refractivity (Wildman–Crippen MR) is 70.6 cm³/mol. The average molecular weight is 252 g/mol. The molecular weight excluding hydrogens is 232 g/mol. The minimum atomic E-state index is 0.192. The molecule has 0 radical (unpaired) electrons. The highest BCUT2D eigenvalue weighted by atomic mass is 32.1. The first kappa shape index (κ1) is 12.7. The van der Waals surface area contributed by atoms with Crippen LogP contribution in [0.3, 0.4) is 0 Å². The van der Waals surface area contributed by atoms with Crippen molar-refractivity contribution in [1.29, 1.82) is 0 Å². The number of carbonyl (C=O) groups is 1. The second-order valence-electron chi connectivity index (χ2n) is 5.13. The second-order valence-corrected chi connectivity index (χ2v) is 6.02. The van der Waals surface area contributed by atoms with Gasteiger partial charge in [0.15, 0.2) is 0 Å². The number of aromatic nitrogens is 1. The van der Waals surface area contributed by atoms with E-state index in [0.717, 1.165) is 12.2 Å². The van der Waals surface area contributed by atoms with Gasteiger partial charge in [0.2, 0.25) is 0 Å². The van der Waals surface area contributed by atoms with Gasteiger partial charge in [0, 0.05) is 30.3 Å². The Morgan fingerprint density at radius 1 is 1.65 bits per heavy atom. The van der Waals surface area contributed by atoms with Crippen molar-refractivity contribution < 1.29 is 4.79 Å². The van der Waals surface area contributed by atoms with E-state index in [1.165, 1.54) is 18.0 Å². The number of carbonyl (C=O) groups excluding carboxylic acids is 1. The highest BCUT2D eigenvalue weighted by Crippen LogP contribution is 2.30. The first-order valence-electron chi connectivity index (χ1n) is 6.24. The molecule has 0 amide bonds.